The minimum Gasteiger partial charge on any atom is -0.357 e. The number of nitrogens with one attached hydrogen (secondary N) is 2. The molecule has 6 heteroatoms. The summed E-state index contributed by atoms with van der Waals surface area (Å²) < 4.78 is 0.524. The van der Waals surface area contributed by atoms with Crippen LogP contribution in [0.1, 0.15) is 5.56 Å². The predicted octanol–water partition coefficient (Wildman–Crippen LogP) is 1.43. The van der Waals surface area contributed by atoms with Crippen LogP contribution in [0.15, 0.2) is 15.5 Å². The Kier molecular flexibility index (Phi) is 2.44. The third kappa shape index (κ3) is 1.61. The summed E-state index contributed by atoms with van der Waals surface area (Å²) in [6.45, 7) is 1.85. The van der Waals surface area contributed by atoms with Gasteiger partial charge < -0.3 is 10.3 Å². The highest BCUT2D eigenvalue weighted by Crippen LogP contribution is 2.19. The number of nitrogens with zero attached hydrogens (tertiary/aromatic N) is 2. The second kappa shape index (κ2) is 3.62. The van der Waals surface area contributed by atoms with Crippen LogP contribution in [0.5, 0.6) is 0 Å². The number of fused-ring (bicyclic) bond motifs is 1. The lowest BCUT2D eigenvalue weighted by Gasteiger charge is -2.04. The van der Waals surface area contributed by atoms with Gasteiger partial charge in [-0.1, -0.05) is 0 Å². The van der Waals surface area contributed by atoms with Crippen molar-refractivity contribution < 1.29 is 0 Å². The lowest BCUT2D eigenvalue weighted by Crippen LogP contribution is -2.10. The molecule has 2 aromatic heterocycles. The molecular formula is C9H9BrN4O. The SMILES string of the molecule is CNc1ncc2c(C)c(Br)c(=O)[nH]c2n1. The Morgan fingerprint density at radius 2 is 2.27 bits per heavy atom. The van der Waals surface area contributed by atoms with Gasteiger partial charge in [0.15, 0.2) is 0 Å². The van der Waals surface area contributed by atoms with Crippen molar-refractivity contribution >= 4 is 32.9 Å². The van der Waals surface area contributed by atoms with Crippen molar-refractivity contribution in [2.45, 2.75) is 6.92 Å². The number of aromatic amines is 1. The zero-order chi connectivity index (χ0) is 11.0. The Labute approximate surface area is 94.1 Å². The van der Waals surface area contributed by atoms with E-state index in [2.05, 4.69) is 36.2 Å². The van der Waals surface area contributed by atoms with Crippen molar-refractivity contribution in [2.75, 3.05) is 12.4 Å². The summed E-state index contributed by atoms with van der Waals surface area (Å²) >= 11 is 3.22. The summed E-state index contributed by atoms with van der Waals surface area (Å²) in [4.78, 5) is 22.4. The summed E-state index contributed by atoms with van der Waals surface area (Å²) in [6, 6.07) is 0. The molecule has 15 heavy (non-hydrogen) atoms. The lowest BCUT2D eigenvalue weighted by molar-refractivity contribution is 1.13. The predicted molar refractivity (Wildman–Crippen MR) is 62.1 cm³/mol. The normalized spacial score (nSPS) is 10.6. The highest BCUT2D eigenvalue weighted by atomic mass is 79.9. The van der Waals surface area contributed by atoms with Crippen LogP contribution in [0, 0.1) is 6.92 Å². The Bertz CT molecular complexity index is 578. The molecule has 78 valence electrons. The Hall–Kier alpha value is -1.43. The first-order valence-corrected chi connectivity index (χ1v) is 5.15. The minimum atomic E-state index is -0.180. The van der Waals surface area contributed by atoms with E-state index in [0.717, 1.165) is 10.9 Å². The van der Waals surface area contributed by atoms with Crippen LogP contribution < -0.4 is 10.9 Å². The number of hydrogen-bond donors (Lipinski definition) is 2. The van der Waals surface area contributed by atoms with Crippen molar-refractivity contribution in [3.8, 4) is 0 Å². The van der Waals surface area contributed by atoms with Crippen LogP contribution in [0.2, 0.25) is 0 Å². The quantitative estimate of drug-likeness (QED) is 0.821. The first kappa shape index (κ1) is 10.1. The molecule has 2 heterocycles. The maximum atomic E-state index is 11.5. The Morgan fingerprint density at radius 1 is 1.53 bits per heavy atom. The van der Waals surface area contributed by atoms with Crippen LogP contribution in [0.4, 0.5) is 5.95 Å². The van der Waals surface area contributed by atoms with E-state index >= 15 is 0 Å². The number of pyridine rings is 1. The smallest absolute Gasteiger partial charge is 0.264 e. The molecule has 2 aromatic rings. The standard InChI is InChI=1S/C9H9BrN4O/c1-4-5-3-12-9(11-2)14-7(5)13-8(15)6(4)10/h3H,1-2H3,(H2,11,12,13,14,15). The van der Waals surface area contributed by atoms with E-state index in [1.165, 1.54) is 0 Å². The average Bonchev–Trinajstić information content (AvgIpc) is 2.25. The Balaban J connectivity index is 2.86. The summed E-state index contributed by atoms with van der Waals surface area (Å²) in [7, 11) is 1.73. The largest absolute Gasteiger partial charge is 0.357 e. The van der Waals surface area contributed by atoms with Gasteiger partial charge in [0, 0.05) is 18.6 Å². The number of hydrogen-bond acceptors (Lipinski definition) is 4. The van der Waals surface area contributed by atoms with E-state index in [4.69, 9.17) is 0 Å². The van der Waals surface area contributed by atoms with Crippen LogP contribution in [-0.4, -0.2) is 22.0 Å². The first-order chi connectivity index (χ1) is 7.13. The molecule has 0 saturated heterocycles. The monoisotopic (exact) mass is 268 g/mol. The van der Waals surface area contributed by atoms with Gasteiger partial charge >= 0.3 is 0 Å². The van der Waals surface area contributed by atoms with E-state index < -0.39 is 0 Å². The fourth-order valence-corrected chi connectivity index (χ4v) is 1.64. The maximum absolute atomic E-state index is 11.5. The van der Waals surface area contributed by atoms with E-state index in [1.807, 2.05) is 6.92 Å². The van der Waals surface area contributed by atoms with Crippen molar-refractivity contribution in [3.63, 3.8) is 0 Å². The number of aryl methyl sites for hydroxylation is 1. The third-order valence-corrected chi connectivity index (χ3v) is 3.13. The topological polar surface area (TPSA) is 70.7 Å². The molecule has 0 unspecified atom stereocenters. The third-order valence-electron chi connectivity index (χ3n) is 2.18. The summed E-state index contributed by atoms with van der Waals surface area (Å²) in [5.41, 5.74) is 1.21. The summed E-state index contributed by atoms with van der Waals surface area (Å²) in [5.74, 6) is 0.486. The molecule has 0 radical (unpaired) electrons. The van der Waals surface area contributed by atoms with Crippen molar-refractivity contribution in [2.24, 2.45) is 0 Å². The summed E-state index contributed by atoms with van der Waals surface area (Å²) in [6.07, 6.45) is 1.68. The lowest BCUT2D eigenvalue weighted by atomic mass is 10.2. The zero-order valence-electron chi connectivity index (χ0n) is 8.26. The van der Waals surface area contributed by atoms with Gasteiger partial charge in [-0.05, 0) is 28.4 Å². The molecule has 0 atom stereocenters. The van der Waals surface area contributed by atoms with Crippen molar-refractivity contribution in [3.05, 3.63) is 26.6 Å². The Morgan fingerprint density at radius 3 is 2.93 bits per heavy atom. The molecule has 0 saturated carbocycles. The van der Waals surface area contributed by atoms with Crippen molar-refractivity contribution in [1.82, 2.24) is 15.0 Å². The van der Waals surface area contributed by atoms with Gasteiger partial charge in [0.05, 0.1) is 4.47 Å². The van der Waals surface area contributed by atoms with Gasteiger partial charge in [-0.15, -0.1) is 0 Å². The first-order valence-electron chi connectivity index (χ1n) is 4.36. The van der Waals surface area contributed by atoms with Gasteiger partial charge in [-0.3, -0.25) is 4.79 Å². The minimum absolute atomic E-state index is 0.180. The van der Waals surface area contributed by atoms with E-state index in [0.29, 0.717) is 16.1 Å². The highest BCUT2D eigenvalue weighted by Gasteiger charge is 2.08. The van der Waals surface area contributed by atoms with E-state index in [-0.39, 0.29) is 5.56 Å². The van der Waals surface area contributed by atoms with Gasteiger partial charge in [-0.2, -0.15) is 4.98 Å². The fourth-order valence-electron chi connectivity index (χ4n) is 1.32. The second-order valence-corrected chi connectivity index (χ2v) is 3.89. The molecule has 2 rings (SSSR count). The molecule has 0 fully saturated rings. The van der Waals surface area contributed by atoms with Gasteiger partial charge in [-0.25, -0.2) is 4.98 Å². The van der Waals surface area contributed by atoms with Crippen LogP contribution >= 0.6 is 15.9 Å². The molecule has 0 aromatic carbocycles. The van der Waals surface area contributed by atoms with Crippen LogP contribution in [0.3, 0.4) is 0 Å². The zero-order valence-corrected chi connectivity index (χ0v) is 9.84. The molecule has 0 amide bonds. The second-order valence-electron chi connectivity index (χ2n) is 3.10. The molecule has 0 aliphatic rings. The van der Waals surface area contributed by atoms with E-state index in [9.17, 15) is 4.79 Å². The highest BCUT2D eigenvalue weighted by molar-refractivity contribution is 9.10. The molecule has 5 nitrogen and oxygen atoms in total. The average molecular weight is 269 g/mol. The number of rotatable bonds is 1. The van der Waals surface area contributed by atoms with Gasteiger partial charge in [0.1, 0.15) is 5.65 Å². The van der Waals surface area contributed by atoms with Crippen LogP contribution in [0.25, 0.3) is 11.0 Å². The van der Waals surface area contributed by atoms with Crippen molar-refractivity contribution in [1.29, 1.82) is 0 Å². The number of anilines is 1. The fraction of sp³-hybridized carbons (Fsp3) is 0.222. The van der Waals surface area contributed by atoms with E-state index in [1.54, 1.807) is 13.2 Å². The summed E-state index contributed by atoms with van der Waals surface area (Å²) in [5, 5.41) is 3.65. The van der Waals surface area contributed by atoms with Gasteiger partial charge in [0.2, 0.25) is 5.95 Å². The molecule has 0 aliphatic heterocycles. The number of aromatic nitrogens is 3. The molecule has 0 bridgehead atoms. The van der Waals surface area contributed by atoms with Gasteiger partial charge in [0.25, 0.3) is 5.56 Å². The molecule has 2 N–H and O–H groups in total. The molecule has 0 spiro atoms. The van der Waals surface area contributed by atoms with Crippen LogP contribution in [-0.2, 0) is 0 Å². The maximum Gasteiger partial charge on any atom is 0.264 e. The molecule has 0 aliphatic carbocycles. The number of halogens is 1. The number of H-pyrrole nitrogens is 1. The molecular weight excluding hydrogens is 260 g/mol.